The number of hydrogen-bond donors (Lipinski definition) is 1. The first-order valence-electron chi connectivity index (χ1n) is 7.64. The summed E-state index contributed by atoms with van der Waals surface area (Å²) in [5.41, 5.74) is 1.01. The zero-order valence-corrected chi connectivity index (χ0v) is 14.4. The molecule has 1 rings (SSSR count). The molecule has 0 amide bonds. The van der Waals surface area contributed by atoms with Crippen LogP contribution in [0.1, 0.15) is 45.8 Å². The van der Waals surface area contributed by atoms with Gasteiger partial charge in [0.25, 0.3) is 0 Å². The maximum Gasteiger partial charge on any atom is 0.0950 e. The fourth-order valence-corrected chi connectivity index (χ4v) is 2.02. The Hall–Kier alpha value is -0.610. The molecule has 1 N–H and O–H groups in total. The molecule has 21 heavy (non-hydrogen) atoms. The molecular formula is C17H28ClNO2. The van der Waals surface area contributed by atoms with Crippen molar-refractivity contribution in [3.8, 4) is 0 Å². The highest BCUT2D eigenvalue weighted by Gasteiger charge is 2.13. The minimum atomic E-state index is -0.125. The summed E-state index contributed by atoms with van der Waals surface area (Å²) in [4.78, 5) is 0. The first kappa shape index (κ1) is 18.4. The van der Waals surface area contributed by atoms with E-state index < -0.39 is 0 Å². The molecule has 0 aromatic heterocycles. The Bertz CT molecular complexity index is 387. The molecule has 0 aliphatic rings. The van der Waals surface area contributed by atoms with E-state index in [4.69, 9.17) is 21.1 Å². The van der Waals surface area contributed by atoms with E-state index in [1.807, 2.05) is 45.0 Å². The van der Waals surface area contributed by atoms with Gasteiger partial charge in [-0.25, -0.2) is 0 Å². The Morgan fingerprint density at radius 3 is 2.38 bits per heavy atom. The summed E-state index contributed by atoms with van der Waals surface area (Å²) in [6.07, 6.45) is 1.14. The maximum atomic E-state index is 5.98. The van der Waals surface area contributed by atoms with E-state index in [-0.39, 0.29) is 11.7 Å². The van der Waals surface area contributed by atoms with Crippen LogP contribution in [-0.4, -0.2) is 31.9 Å². The standard InChI is InChI=1S/C17H28ClNO2/c1-5-10-19-13-16(14-6-8-15(18)9-7-14)20-11-12-21-17(2,3)4/h6-9,16,19H,5,10-13H2,1-4H3. The molecule has 0 heterocycles. The fraction of sp³-hybridized carbons (Fsp3) is 0.647. The minimum absolute atomic E-state index is 0.0254. The lowest BCUT2D eigenvalue weighted by molar-refractivity contribution is -0.0518. The van der Waals surface area contributed by atoms with Crippen molar-refractivity contribution in [3.05, 3.63) is 34.9 Å². The van der Waals surface area contributed by atoms with Crippen molar-refractivity contribution in [2.24, 2.45) is 0 Å². The molecule has 1 aromatic rings. The van der Waals surface area contributed by atoms with Crippen molar-refractivity contribution < 1.29 is 9.47 Å². The summed E-state index contributed by atoms with van der Waals surface area (Å²) in [7, 11) is 0. The summed E-state index contributed by atoms with van der Waals surface area (Å²) in [6.45, 7) is 11.3. The van der Waals surface area contributed by atoms with E-state index in [1.54, 1.807) is 0 Å². The second-order valence-electron chi connectivity index (χ2n) is 6.08. The van der Waals surface area contributed by atoms with Gasteiger partial charge < -0.3 is 14.8 Å². The monoisotopic (exact) mass is 313 g/mol. The van der Waals surface area contributed by atoms with Crippen LogP contribution in [0.15, 0.2) is 24.3 Å². The minimum Gasteiger partial charge on any atom is -0.373 e. The largest absolute Gasteiger partial charge is 0.373 e. The number of nitrogens with one attached hydrogen (secondary N) is 1. The Kier molecular flexibility index (Phi) is 8.27. The van der Waals surface area contributed by atoms with Gasteiger partial charge in [0.1, 0.15) is 0 Å². The highest BCUT2D eigenvalue weighted by molar-refractivity contribution is 6.30. The first-order chi connectivity index (χ1) is 9.92. The highest BCUT2D eigenvalue weighted by Crippen LogP contribution is 2.19. The summed E-state index contributed by atoms with van der Waals surface area (Å²) in [5, 5.41) is 4.15. The van der Waals surface area contributed by atoms with Gasteiger partial charge in [0, 0.05) is 11.6 Å². The molecule has 1 atom stereocenters. The van der Waals surface area contributed by atoms with Crippen LogP contribution in [0.25, 0.3) is 0 Å². The first-order valence-corrected chi connectivity index (χ1v) is 8.02. The molecule has 0 aliphatic heterocycles. The number of rotatable bonds is 9. The Morgan fingerprint density at radius 2 is 1.81 bits per heavy atom. The van der Waals surface area contributed by atoms with E-state index in [0.717, 1.165) is 30.1 Å². The summed E-state index contributed by atoms with van der Waals surface area (Å²) in [6, 6.07) is 7.84. The van der Waals surface area contributed by atoms with Crippen molar-refractivity contribution in [1.82, 2.24) is 5.32 Å². The zero-order chi connectivity index (χ0) is 15.7. The van der Waals surface area contributed by atoms with E-state index >= 15 is 0 Å². The van der Waals surface area contributed by atoms with Crippen LogP contribution >= 0.6 is 11.6 Å². The molecule has 1 aromatic carbocycles. The molecule has 3 nitrogen and oxygen atoms in total. The second-order valence-corrected chi connectivity index (χ2v) is 6.51. The van der Waals surface area contributed by atoms with Gasteiger partial charge in [-0.15, -0.1) is 0 Å². The third kappa shape index (κ3) is 8.42. The maximum absolute atomic E-state index is 5.98. The summed E-state index contributed by atoms with van der Waals surface area (Å²) < 4.78 is 11.7. The highest BCUT2D eigenvalue weighted by atomic mass is 35.5. The molecule has 120 valence electrons. The van der Waals surface area contributed by atoms with Gasteiger partial charge in [0.05, 0.1) is 24.9 Å². The average molecular weight is 314 g/mol. The molecule has 0 radical (unpaired) electrons. The van der Waals surface area contributed by atoms with Gasteiger partial charge in [0.15, 0.2) is 0 Å². The predicted octanol–water partition coefficient (Wildman–Crippen LogP) is 4.21. The van der Waals surface area contributed by atoms with Gasteiger partial charge in [0.2, 0.25) is 0 Å². The van der Waals surface area contributed by atoms with E-state index in [1.165, 1.54) is 0 Å². The molecule has 0 bridgehead atoms. The van der Waals surface area contributed by atoms with Crippen molar-refractivity contribution >= 4 is 11.6 Å². The topological polar surface area (TPSA) is 30.5 Å². The lowest BCUT2D eigenvalue weighted by Gasteiger charge is -2.22. The smallest absolute Gasteiger partial charge is 0.0950 e. The van der Waals surface area contributed by atoms with Gasteiger partial charge in [-0.1, -0.05) is 30.7 Å². The van der Waals surface area contributed by atoms with Crippen molar-refractivity contribution in [2.45, 2.75) is 45.8 Å². The predicted molar refractivity (Wildman–Crippen MR) is 89.0 cm³/mol. The quantitative estimate of drug-likeness (QED) is 0.693. The zero-order valence-electron chi connectivity index (χ0n) is 13.6. The molecule has 0 saturated carbocycles. The number of halogens is 1. The SMILES string of the molecule is CCCNCC(OCCOC(C)(C)C)c1ccc(Cl)cc1. The third-order valence-corrected chi connectivity index (χ3v) is 3.19. The van der Waals surface area contributed by atoms with E-state index in [0.29, 0.717) is 13.2 Å². The molecule has 0 saturated heterocycles. The van der Waals surface area contributed by atoms with Crippen LogP contribution in [-0.2, 0) is 9.47 Å². The Morgan fingerprint density at radius 1 is 1.14 bits per heavy atom. The number of ether oxygens (including phenoxy) is 2. The fourth-order valence-electron chi connectivity index (χ4n) is 1.90. The molecule has 0 spiro atoms. The van der Waals surface area contributed by atoms with Crippen LogP contribution in [0.3, 0.4) is 0 Å². The van der Waals surface area contributed by atoms with Crippen LogP contribution in [0, 0.1) is 0 Å². The van der Waals surface area contributed by atoms with Crippen LogP contribution in [0.2, 0.25) is 5.02 Å². The van der Waals surface area contributed by atoms with Gasteiger partial charge in [-0.05, 0) is 51.4 Å². The summed E-state index contributed by atoms with van der Waals surface area (Å²) >= 11 is 5.94. The number of hydrogen-bond acceptors (Lipinski definition) is 3. The second kappa shape index (κ2) is 9.42. The lowest BCUT2D eigenvalue weighted by atomic mass is 10.1. The van der Waals surface area contributed by atoms with Gasteiger partial charge in [-0.2, -0.15) is 0 Å². The van der Waals surface area contributed by atoms with Crippen molar-refractivity contribution in [3.63, 3.8) is 0 Å². The normalized spacial score (nSPS) is 13.4. The van der Waals surface area contributed by atoms with Crippen LogP contribution < -0.4 is 5.32 Å². The van der Waals surface area contributed by atoms with Crippen LogP contribution in [0.5, 0.6) is 0 Å². The number of benzene rings is 1. The molecular weight excluding hydrogens is 286 g/mol. The van der Waals surface area contributed by atoms with E-state index in [2.05, 4.69) is 12.2 Å². The van der Waals surface area contributed by atoms with Crippen LogP contribution in [0.4, 0.5) is 0 Å². The van der Waals surface area contributed by atoms with Crippen molar-refractivity contribution in [1.29, 1.82) is 0 Å². The van der Waals surface area contributed by atoms with Gasteiger partial charge >= 0.3 is 0 Å². The Balaban J connectivity index is 2.50. The van der Waals surface area contributed by atoms with E-state index in [9.17, 15) is 0 Å². The van der Waals surface area contributed by atoms with Gasteiger partial charge in [-0.3, -0.25) is 0 Å². The Labute approximate surface area is 134 Å². The molecule has 1 unspecified atom stereocenters. The average Bonchev–Trinajstić information content (AvgIpc) is 2.41. The van der Waals surface area contributed by atoms with Crippen molar-refractivity contribution in [2.75, 3.05) is 26.3 Å². The molecule has 0 aliphatic carbocycles. The molecule has 0 fully saturated rings. The summed E-state index contributed by atoms with van der Waals surface area (Å²) in [5.74, 6) is 0. The lowest BCUT2D eigenvalue weighted by Crippen LogP contribution is -2.26. The molecule has 4 heteroatoms. The third-order valence-electron chi connectivity index (χ3n) is 2.94.